The highest BCUT2D eigenvalue weighted by Crippen LogP contribution is 2.35. The first-order chi connectivity index (χ1) is 13.5. The molecular formula is C21H34ClIN4O2. The third-order valence-corrected chi connectivity index (χ3v) is 5.34. The van der Waals surface area contributed by atoms with Gasteiger partial charge in [0, 0.05) is 37.6 Å². The van der Waals surface area contributed by atoms with Crippen LogP contribution in [0.25, 0.3) is 0 Å². The summed E-state index contributed by atoms with van der Waals surface area (Å²) in [4.78, 5) is 18.1. The van der Waals surface area contributed by atoms with E-state index in [4.69, 9.17) is 16.3 Å². The maximum atomic E-state index is 11.4. The number of ether oxygens (including phenoxy) is 1. The van der Waals surface area contributed by atoms with Crippen LogP contribution in [0.1, 0.15) is 44.2 Å². The number of piperidine rings is 1. The van der Waals surface area contributed by atoms with Crippen molar-refractivity contribution in [2.45, 2.75) is 38.6 Å². The molecule has 0 saturated carbocycles. The third kappa shape index (κ3) is 8.68. The van der Waals surface area contributed by atoms with Gasteiger partial charge < -0.3 is 15.4 Å². The fourth-order valence-corrected chi connectivity index (χ4v) is 4.01. The zero-order valence-electron chi connectivity index (χ0n) is 17.6. The van der Waals surface area contributed by atoms with E-state index in [-0.39, 0.29) is 29.9 Å². The highest BCUT2D eigenvalue weighted by atomic mass is 127. The molecule has 8 heteroatoms. The van der Waals surface area contributed by atoms with E-state index in [0.29, 0.717) is 31.5 Å². The number of guanidine groups is 1. The smallest absolute Gasteiger partial charge is 0.305 e. The lowest BCUT2D eigenvalue weighted by Crippen LogP contribution is -2.45. The topological polar surface area (TPSA) is 66.0 Å². The largest absolute Gasteiger partial charge is 0.466 e. The molecule has 164 valence electrons. The number of aliphatic imine (C=N–C) groups is 1. The summed E-state index contributed by atoms with van der Waals surface area (Å²) in [5, 5.41) is 7.51. The van der Waals surface area contributed by atoms with Gasteiger partial charge in [-0.2, -0.15) is 0 Å². The van der Waals surface area contributed by atoms with Gasteiger partial charge in [-0.05, 0) is 63.4 Å². The fraction of sp³-hybridized carbons (Fsp3) is 0.619. The van der Waals surface area contributed by atoms with Crippen LogP contribution in [0.5, 0.6) is 0 Å². The van der Waals surface area contributed by atoms with Crippen LogP contribution in [0.3, 0.4) is 0 Å². The molecule has 0 aromatic heterocycles. The Morgan fingerprint density at radius 3 is 2.86 bits per heavy atom. The van der Waals surface area contributed by atoms with E-state index in [1.54, 1.807) is 7.05 Å². The van der Waals surface area contributed by atoms with Crippen molar-refractivity contribution in [2.75, 3.05) is 40.3 Å². The molecule has 2 rings (SSSR count). The average molecular weight is 537 g/mol. The SMILES string of the molecule is CCOC(=O)CCCNC(=NC)NCC1CCCN(C)C1c1cccc(Cl)c1.I. The second kappa shape index (κ2) is 14.0. The van der Waals surface area contributed by atoms with Gasteiger partial charge >= 0.3 is 5.97 Å². The number of carbonyl (C=O) groups excluding carboxylic acids is 1. The van der Waals surface area contributed by atoms with Crippen molar-refractivity contribution in [3.63, 3.8) is 0 Å². The lowest BCUT2D eigenvalue weighted by Gasteiger charge is -2.40. The van der Waals surface area contributed by atoms with E-state index in [2.05, 4.69) is 39.7 Å². The summed E-state index contributed by atoms with van der Waals surface area (Å²) in [6.45, 7) is 4.86. The molecule has 2 atom stereocenters. The molecule has 0 aliphatic carbocycles. The Bertz CT molecular complexity index is 659. The molecule has 1 fully saturated rings. The minimum atomic E-state index is -0.151. The molecule has 1 saturated heterocycles. The number of likely N-dealkylation sites (tertiary alicyclic amines) is 1. The van der Waals surface area contributed by atoms with E-state index in [9.17, 15) is 4.79 Å². The van der Waals surface area contributed by atoms with E-state index in [0.717, 1.165) is 36.9 Å². The Kier molecular flexibility index (Phi) is 12.6. The van der Waals surface area contributed by atoms with E-state index >= 15 is 0 Å². The Labute approximate surface area is 196 Å². The summed E-state index contributed by atoms with van der Waals surface area (Å²) in [6, 6.07) is 8.51. The van der Waals surface area contributed by atoms with Crippen LogP contribution in [0.15, 0.2) is 29.3 Å². The minimum absolute atomic E-state index is 0. The molecule has 1 aromatic rings. The van der Waals surface area contributed by atoms with Crippen molar-refractivity contribution in [3.05, 3.63) is 34.9 Å². The lowest BCUT2D eigenvalue weighted by atomic mass is 9.85. The van der Waals surface area contributed by atoms with Crippen molar-refractivity contribution >= 4 is 47.5 Å². The van der Waals surface area contributed by atoms with Crippen LogP contribution in [0.2, 0.25) is 5.02 Å². The Hall–Kier alpha value is -1.06. The van der Waals surface area contributed by atoms with Crippen LogP contribution in [-0.2, 0) is 9.53 Å². The summed E-state index contributed by atoms with van der Waals surface area (Å²) in [5.41, 5.74) is 1.26. The molecule has 6 nitrogen and oxygen atoms in total. The van der Waals surface area contributed by atoms with Crippen LogP contribution in [-0.4, -0.2) is 57.2 Å². The number of carbonyl (C=O) groups is 1. The fourth-order valence-electron chi connectivity index (χ4n) is 3.81. The molecule has 0 bridgehead atoms. The number of nitrogens with zero attached hydrogens (tertiary/aromatic N) is 2. The number of halogens is 2. The molecule has 2 unspecified atom stereocenters. The maximum Gasteiger partial charge on any atom is 0.305 e. The number of hydrogen-bond donors (Lipinski definition) is 2. The molecular weight excluding hydrogens is 503 g/mol. The summed E-state index contributed by atoms with van der Waals surface area (Å²) >= 11 is 6.23. The molecule has 2 N–H and O–H groups in total. The maximum absolute atomic E-state index is 11.4. The van der Waals surface area contributed by atoms with Gasteiger partial charge in [0.05, 0.1) is 6.61 Å². The van der Waals surface area contributed by atoms with E-state index in [1.807, 2.05) is 19.1 Å². The number of hydrogen-bond acceptors (Lipinski definition) is 4. The van der Waals surface area contributed by atoms with Gasteiger partial charge in [0.2, 0.25) is 0 Å². The average Bonchev–Trinajstić information content (AvgIpc) is 2.67. The first kappa shape index (κ1) is 26.0. The molecule has 0 spiro atoms. The number of rotatable bonds is 8. The molecule has 1 aromatic carbocycles. The summed E-state index contributed by atoms with van der Waals surface area (Å²) < 4.78 is 4.95. The second-order valence-electron chi connectivity index (χ2n) is 7.17. The molecule has 0 radical (unpaired) electrons. The predicted molar refractivity (Wildman–Crippen MR) is 130 cm³/mol. The molecule has 29 heavy (non-hydrogen) atoms. The van der Waals surface area contributed by atoms with Gasteiger partial charge in [-0.25, -0.2) is 0 Å². The van der Waals surface area contributed by atoms with Crippen LogP contribution in [0.4, 0.5) is 0 Å². The molecule has 1 aliphatic heterocycles. The van der Waals surface area contributed by atoms with Gasteiger partial charge in [-0.15, -0.1) is 24.0 Å². The number of benzene rings is 1. The molecule has 0 amide bonds. The van der Waals surface area contributed by atoms with Crippen molar-refractivity contribution in [2.24, 2.45) is 10.9 Å². The van der Waals surface area contributed by atoms with Crippen LogP contribution in [0, 0.1) is 5.92 Å². The predicted octanol–water partition coefficient (Wildman–Crippen LogP) is 3.85. The Balaban J connectivity index is 0.00000420. The van der Waals surface area contributed by atoms with Gasteiger partial charge in [-0.1, -0.05) is 23.7 Å². The van der Waals surface area contributed by atoms with Crippen molar-refractivity contribution < 1.29 is 9.53 Å². The quantitative estimate of drug-likeness (QED) is 0.174. The number of esters is 1. The number of nitrogens with one attached hydrogen (secondary N) is 2. The van der Waals surface area contributed by atoms with Gasteiger partial charge in [0.25, 0.3) is 0 Å². The Morgan fingerprint density at radius 2 is 2.17 bits per heavy atom. The van der Waals surface area contributed by atoms with Crippen LogP contribution >= 0.6 is 35.6 Å². The standard InChI is InChI=1S/C21H33ClN4O2.HI/c1-4-28-19(27)11-6-12-24-21(23-2)25-15-17-9-7-13-26(3)20(17)16-8-5-10-18(22)14-16;/h5,8,10,14,17,20H,4,6-7,9,11-13,15H2,1-3H3,(H2,23,24,25);1H. The first-order valence-electron chi connectivity index (χ1n) is 10.1. The zero-order valence-corrected chi connectivity index (χ0v) is 20.7. The van der Waals surface area contributed by atoms with Gasteiger partial charge in [0.1, 0.15) is 0 Å². The van der Waals surface area contributed by atoms with E-state index in [1.165, 1.54) is 12.0 Å². The Morgan fingerprint density at radius 1 is 1.38 bits per heavy atom. The highest BCUT2D eigenvalue weighted by molar-refractivity contribution is 14.0. The monoisotopic (exact) mass is 536 g/mol. The second-order valence-corrected chi connectivity index (χ2v) is 7.61. The van der Waals surface area contributed by atoms with Crippen LogP contribution < -0.4 is 10.6 Å². The summed E-state index contributed by atoms with van der Waals surface area (Å²) in [6.07, 6.45) is 3.48. The van der Waals surface area contributed by atoms with E-state index < -0.39 is 0 Å². The molecule has 1 aliphatic rings. The summed E-state index contributed by atoms with van der Waals surface area (Å²) in [7, 11) is 3.95. The highest BCUT2D eigenvalue weighted by Gasteiger charge is 2.30. The third-order valence-electron chi connectivity index (χ3n) is 5.11. The lowest BCUT2D eigenvalue weighted by molar-refractivity contribution is -0.143. The zero-order chi connectivity index (χ0) is 20.4. The summed E-state index contributed by atoms with van der Waals surface area (Å²) in [5.74, 6) is 1.08. The van der Waals surface area contributed by atoms with Gasteiger partial charge in [-0.3, -0.25) is 14.7 Å². The minimum Gasteiger partial charge on any atom is -0.466 e. The normalized spacial score (nSPS) is 19.9. The van der Waals surface area contributed by atoms with Crippen molar-refractivity contribution in [1.29, 1.82) is 0 Å². The van der Waals surface area contributed by atoms with Crippen molar-refractivity contribution in [3.8, 4) is 0 Å². The first-order valence-corrected chi connectivity index (χ1v) is 10.5. The van der Waals surface area contributed by atoms with Crippen molar-refractivity contribution in [1.82, 2.24) is 15.5 Å². The molecule has 1 heterocycles. The van der Waals surface area contributed by atoms with Gasteiger partial charge in [0.15, 0.2) is 5.96 Å².